The van der Waals surface area contributed by atoms with E-state index in [2.05, 4.69) is 13.0 Å². The van der Waals surface area contributed by atoms with E-state index in [-0.39, 0.29) is 57.1 Å². The van der Waals surface area contributed by atoms with Gasteiger partial charge in [-0.05, 0) is 18.4 Å². The molecule has 0 N–H and O–H groups in total. The number of unbranched alkanes of at least 4 members (excludes halogenated alkanes) is 6. The van der Waals surface area contributed by atoms with Crippen LogP contribution in [0.4, 0.5) is 0 Å². The van der Waals surface area contributed by atoms with Crippen molar-refractivity contribution in [1.29, 1.82) is 0 Å². The summed E-state index contributed by atoms with van der Waals surface area (Å²) in [6.45, 7) is 2.25. The molecule has 0 saturated carbocycles. The molecule has 0 radical (unpaired) electrons. The van der Waals surface area contributed by atoms with E-state index in [1.165, 1.54) is 50.5 Å². The summed E-state index contributed by atoms with van der Waals surface area (Å²) in [7, 11) is 0. The van der Waals surface area contributed by atoms with Crippen LogP contribution in [-0.2, 0) is 6.42 Å². The third-order valence-electron chi connectivity index (χ3n) is 2.97. The van der Waals surface area contributed by atoms with Crippen LogP contribution in [0.1, 0.15) is 57.4 Å². The topological polar surface area (TPSA) is 23.1 Å². The third kappa shape index (κ3) is 9.26. The van der Waals surface area contributed by atoms with Crippen molar-refractivity contribution in [1.82, 2.24) is 0 Å². The minimum atomic E-state index is 0. The maximum absolute atomic E-state index is 11.1. The molecule has 0 unspecified atom stereocenters. The Kier molecular flexibility index (Phi) is 12.2. The first-order chi connectivity index (χ1) is 7.83. The van der Waals surface area contributed by atoms with E-state index in [1.54, 1.807) is 12.1 Å². The fraction of sp³-hybridized carbons (Fsp3) is 0.600. The van der Waals surface area contributed by atoms with Gasteiger partial charge in [0.1, 0.15) is 0 Å². The standard InChI is InChI=1S/C15H24O.K/c1-2-3-4-5-6-7-8-10-14-11-9-12-15(16)13-14;/h9,11-13,16H,2-8,10H2,1H3;/q;+1/p-1. The molecule has 1 rings (SSSR count). The Balaban J connectivity index is 0.00000256. The predicted octanol–water partition coefficient (Wildman–Crippen LogP) is 1.06. The largest absolute Gasteiger partial charge is 1.00 e. The van der Waals surface area contributed by atoms with Crippen LogP contribution in [0.25, 0.3) is 0 Å². The molecule has 0 heterocycles. The fourth-order valence-electron chi connectivity index (χ4n) is 1.99. The first-order valence-electron chi connectivity index (χ1n) is 6.59. The molecule has 0 aliphatic carbocycles. The van der Waals surface area contributed by atoms with E-state index < -0.39 is 0 Å². The summed E-state index contributed by atoms with van der Waals surface area (Å²) < 4.78 is 0. The molecule has 0 aromatic heterocycles. The molecule has 0 fully saturated rings. The molecule has 0 amide bonds. The van der Waals surface area contributed by atoms with Crippen molar-refractivity contribution in [2.24, 2.45) is 0 Å². The van der Waals surface area contributed by atoms with Crippen molar-refractivity contribution in [3.8, 4) is 5.75 Å². The molecule has 17 heavy (non-hydrogen) atoms. The predicted molar refractivity (Wildman–Crippen MR) is 67.6 cm³/mol. The van der Waals surface area contributed by atoms with E-state index >= 15 is 0 Å². The van der Waals surface area contributed by atoms with E-state index in [0.717, 1.165) is 6.42 Å². The number of hydrogen-bond donors (Lipinski definition) is 0. The summed E-state index contributed by atoms with van der Waals surface area (Å²) in [5, 5.41) is 11.1. The maximum atomic E-state index is 11.1. The van der Waals surface area contributed by atoms with Gasteiger partial charge in [-0.25, -0.2) is 0 Å². The number of rotatable bonds is 8. The second-order valence-corrected chi connectivity index (χ2v) is 4.52. The molecule has 2 heteroatoms. The summed E-state index contributed by atoms with van der Waals surface area (Å²) in [6, 6.07) is 7.29. The van der Waals surface area contributed by atoms with Crippen LogP contribution in [0.15, 0.2) is 24.3 Å². The molecule has 90 valence electrons. The van der Waals surface area contributed by atoms with Crippen LogP contribution in [0.2, 0.25) is 0 Å². The molecular formula is C15H23KO. The zero-order valence-electron chi connectivity index (χ0n) is 11.4. The van der Waals surface area contributed by atoms with Crippen LogP contribution < -0.4 is 56.5 Å². The van der Waals surface area contributed by atoms with Gasteiger partial charge in [0.25, 0.3) is 0 Å². The van der Waals surface area contributed by atoms with Crippen LogP contribution >= 0.6 is 0 Å². The Morgan fingerprint density at radius 1 is 0.941 bits per heavy atom. The van der Waals surface area contributed by atoms with Gasteiger partial charge in [-0.1, -0.05) is 69.7 Å². The van der Waals surface area contributed by atoms with Gasteiger partial charge in [0.2, 0.25) is 0 Å². The zero-order chi connectivity index (χ0) is 11.6. The Hall–Kier alpha value is 0.656. The maximum Gasteiger partial charge on any atom is 1.00 e. The Morgan fingerprint density at radius 2 is 1.59 bits per heavy atom. The van der Waals surface area contributed by atoms with Gasteiger partial charge < -0.3 is 5.11 Å². The van der Waals surface area contributed by atoms with E-state index in [1.807, 2.05) is 6.07 Å². The Morgan fingerprint density at radius 3 is 2.24 bits per heavy atom. The summed E-state index contributed by atoms with van der Waals surface area (Å²) >= 11 is 0. The average Bonchev–Trinajstić information content (AvgIpc) is 2.28. The summed E-state index contributed by atoms with van der Waals surface area (Å²) in [5.74, 6) is 0.139. The average molecular weight is 258 g/mol. The third-order valence-corrected chi connectivity index (χ3v) is 2.97. The van der Waals surface area contributed by atoms with Gasteiger partial charge >= 0.3 is 51.4 Å². The van der Waals surface area contributed by atoms with Gasteiger partial charge in [0.05, 0.1) is 0 Å². The van der Waals surface area contributed by atoms with Crippen molar-refractivity contribution in [2.45, 2.75) is 58.3 Å². The quantitative estimate of drug-likeness (QED) is 0.505. The minimum Gasteiger partial charge on any atom is -0.872 e. The van der Waals surface area contributed by atoms with Crippen LogP contribution in [0.5, 0.6) is 5.75 Å². The second-order valence-electron chi connectivity index (χ2n) is 4.52. The molecule has 0 aliphatic heterocycles. The SMILES string of the molecule is CCCCCCCCCc1cccc([O-])c1.[K+]. The number of benzene rings is 1. The Bertz CT molecular complexity index is 286. The summed E-state index contributed by atoms with van der Waals surface area (Å²) in [6.07, 6.45) is 10.4. The van der Waals surface area contributed by atoms with Crippen molar-refractivity contribution < 1.29 is 56.5 Å². The molecule has 0 spiro atoms. The smallest absolute Gasteiger partial charge is 0.872 e. The second kappa shape index (κ2) is 11.7. The van der Waals surface area contributed by atoms with Crippen LogP contribution in [0.3, 0.4) is 0 Å². The molecule has 1 aromatic carbocycles. The fourth-order valence-corrected chi connectivity index (χ4v) is 1.99. The molecule has 0 saturated heterocycles. The monoisotopic (exact) mass is 258 g/mol. The zero-order valence-corrected chi connectivity index (χ0v) is 14.5. The van der Waals surface area contributed by atoms with Crippen molar-refractivity contribution in [3.63, 3.8) is 0 Å². The van der Waals surface area contributed by atoms with Crippen LogP contribution in [0, 0.1) is 0 Å². The number of aryl methyl sites for hydroxylation is 1. The first-order valence-corrected chi connectivity index (χ1v) is 6.59. The van der Waals surface area contributed by atoms with Gasteiger partial charge in [0.15, 0.2) is 0 Å². The molecular weight excluding hydrogens is 235 g/mol. The molecule has 1 aromatic rings. The van der Waals surface area contributed by atoms with Gasteiger partial charge in [0, 0.05) is 0 Å². The van der Waals surface area contributed by atoms with Gasteiger partial charge in [-0.3, -0.25) is 0 Å². The molecule has 0 atom stereocenters. The Labute approximate surface area is 148 Å². The van der Waals surface area contributed by atoms with E-state index in [4.69, 9.17) is 0 Å². The van der Waals surface area contributed by atoms with E-state index in [0.29, 0.717) is 0 Å². The normalized spacial score (nSPS) is 9.94. The minimum absolute atomic E-state index is 0. The molecule has 1 nitrogen and oxygen atoms in total. The number of hydrogen-bond acceptors (Lipinski definition) is 1. The molecule has 0 aliphatic rings. The van der Waals surface area contributed by atoms with E-state index in [9.17, 15) is 5.11 Å². The summed E-state index contributed by atoms with van der Waals surface area (Å²) in [5.41, 5.74) is 1.20. The van der Waals surface area contributed by atoms with Crippen molar-refractivity contribution in [3.05, 3.63) is 29.8 Å². The van der Waals surface area contributed by atoms with Gasteiger partial charge in [-0.2, -0.15) is 0 Å². The molecule has 0 bridgehead atoms. The van der Waals surface area contributed by atoms with Crippen molar-refractivity contribution >= 4 is 0 Å². The summed E-state index contributed by atoms with van der Waals surface area (Å²) in [4.78, 5) is 0. The van der Waals surface area contributed by atoms with Gasteiger partial charge in [-0.15, -0.1) is 5.75 Å². The first kappa shape index (κ1) is 17.7. The van der Waals surface area contributed by atoms with Crippen molar-refractivity contribution in [2.75, 3.05) is 0 Å². The van der Waals surface area contributed by atoms with Crippen LogP contribution in [-0.4, -0.2) is 0 Å².